The Morgan fingerprint density at radius 3 is 2.45 bits per heavy atom. The second-order valence-electron chi connectivity index (χ2n) is 6.99. The van der Waals surface area contributed by atoms with Crippen LogP contribution in [0.2, 0.25) is 0 Å². The van der Waals surface area contributed by atoms with Crippen LogP contribution in [0.3, 0.4) is 0 Å². The largest absolute Gasteiger partial charge is 0.497 e. The van der Waals surface area contributed by atoms with Gasteiger partial charge in [0.15, 0.2) is 5.11 Å². The summed E-state index contributed by atoms with van der Waals surface area (Å²) in [6.07, 6.45) is 0. The number of aryl methyl sites for hydroxylation is 1. The quantitative estimate of drug-likeness (QED) is 0.658. The Bertz CT molecular complexity index is 1060. The molecule has 1 aliphatic rings. The van der Waals surface area contributed by atoms with Gasteiger partial charge in [-0.25, -0.2) is 4.68 Å². The molecule has 0 radical (unpaired) electrons. The maximum atomic E-state index is 13.2. The molecule has 1 saturated heterocycles. The fourth-order valence-electron chi connectivity index (χ4n) is 3.67. The van der Waals surface area contributed by atoms with Crippen LogP contribution in [0.1, 0.15) is 28.6 Å². The first kappa shape index (κ1) is 19.1. The lowest BCUT2D eigenvalue weighted by molar-refractivity contribution is -0.127. The van der Waals surface area contributed by atoms with Crippen LogP contribution < -0.4 is 10.1 Å². The molecular weight excluding hydrogens is 384 g/mol. The average Bonchev–Trinajstić information content (AvgIpc) is 3.18. The van der Waals surface area contributed by atoms with Crippen molar-refractivity contribution in [3.8, 4) is 11.4 Å². The highest BCUT2D eigenvalue weighted by atomic mass is 32.1. The van der Waals surface area contributed by atoms with Crippen LogP contribution in [0.5, 0.6) is 5.75 Å². The number of carbonyl (C=O) groups excluding carboxylic acids is 1. The van der Waals surface area contributed by atoms with Gasteiger partial charge < -0.3 is 10.1 Å². The molecule has 1 fully saturated rings. The molecule has 3 aromatic rings. The van der Waals surface area contributed by atoms with Crippen LogP contribution in [0.4, 0.5) is 0 Å². The molecule has 29 heavy (non-hydrogen) atoms. The normalized spacial score (nSPS) is 16.2. The number of rotatable bonds is 5. The zero-order valence-corrected chi connectivity index (χ0v) is 17.4. The minimum atomic E-state index is -0.529. The summed E-state index contributed by atoms with van der Waals surface area (Å²) in [7, 11) is 1.63. The minimum absolute atomic E-state index is 0.0652. The van der Waals surface area contributed by atoms with Crippen molar-refractivity contribution in [3.63, 3.8) is 0 Å². The summed E-state index contributed by atoms with van der Waals surface area (Å²) in [5.41, 5.74) is 4.55. The Hall–Kier alpha value is -3.19. The molecule has 1 amide bonds. The van der Waals surface area contributed by atoms with Crippen molar-refractivity contribution >= 4 is 23.2 Å². The van der Waals surface area contributed by atoms with E-state index in [1.165, 1.54) is 0 Å². The molecule has 0 spiro atoms. The van der Waals surface area contributed by atoms with E-state index in [1.807, 2.05) is 73.1 Å². The zero-order chi connectivity index (χ0) is 20.5. The molecule has 1 N–H and O–H groups in total. The SMILES string of the molecule is COc1ccc(CN2C(=O)[C@H](c3c(C)nn(-c4ccccc4)c3C)NC2=S)cc1. The summed E-state index contributed by atoms with van der Waals surface area (Å²) >= 11 is 5.47. The van der Waals surface area contributed by atoms with Crippen molar-refractivity contribution in [2.45, 2.75) is 26.4 Å². The van der Waals surface area contributed by atoms with Crippen molar-refractivity contribution in [1.82, 2.24) is 20.0 Å². The van der Waals surface area contributed by atoms with Crippen LogP contribution in [0.15, 0.2) is 54.6 Å². The van der Waals surface area contributed by atoms with Crippen LogP contribution in [0, 0.1) is 13.8 Å². The van der Waals surface area contributed by atoms with Gasteiger partial charge in [-0.05, 0) is 55.9 Å². The fraction of sp³-hybridized carbons (Fsp3) is 0.227. The van der Waals surface area contributed by atoms with E-state index in [0.29, 0.717) is 11.7 Å². The van der Waals surface area contributed by atoms with Crippen LogP contribution in [-0.4, -0.2) is 32.8 Å². The highest BCUT2D eigenvalue weighted by molar-refractivity contribution is 7.80. The van der Waals surface area contributed by atoms with Gasteiger partial charge in [-0.2, -0.15) is 5.10 Å². The monoisotopic (exact) mass is 406 g/mol. The van der Waals surface area contributed by atoms with E-state index in [1.54, 1.807) is 12.0 Å². The van der Waals surface area contributed by atoms with Gasteiger partial charge in [-0.3, -0.25) is 9.69 Å². The molecule has 6 nitrogen and oxygen atoms in total. The van der Waals surface area contributed by atoms with Crippen LogP contribution in [0.25, 0.3) is 5.69 Å². The Balaban J connectivity index is 1.61. The molecule has 2 aromatic carbocycles. The molecule has 0 aliphatic carbocycles. The van der Waals surface area contributed by atoms with Gasteiger partial charge in [0.25, 0.3) is 5.91 Å². The summed E-state index contributed by atoms with van der Waals surface area (Å²) in [5.74, 6) is 0.712. The number of methoxy groups -OCH3 is 1. The molecular formula is C22H22N4O2S. The Kier molecular flexibility index (Phi) is 5.07. The fourth-order valence-corrected chi connectivity index (χ4v) is 3.94. The number of benzene rings is 2. The lowest BCUT2D eigenvalue weighted by Crippen LogP contribution is -2.30. The van der Waals surface area contributed by atoms with Crippen molar-refractivity contribution < 1.29 is 9.53 Å². The third kappa shape index (κ3) is 3.49. The summed E-state index contributed by atoms with van der Waals surface area (Å²) in [6.45, 7) is 4.31. The van der Waals surface area contributed by atoms with Crippen molar-refractivity contribution in [2.75, 3.05) is 7.11 Å². The number of aromatic nitrogens is 2. The topological polar surface area (TPSA) is 59.4 Å². The molecule has 4 rings (SSSR count). The summed E-state index contributed by atoms with van der Waals surface area (Å²) in [5, 5.41) is 8.28. The van der Waals surface area contributed by atoms with E-state index in [4.69, 9.17) is 17.0 Å². The van der Waals surface area contributed by atoms with Crippen molar-refractivity contribution in [3.05, 3.63) is 77.1 Å². The van der Waals surface area contributed by atoms with E-state index in [-0.39, 0.29) is 5.91 Å². The molecule has 1 aromatic heterocycles. The Morgan fingerprint density at radius 2 is 1.79 bits per heavy atom. The second kappa shape index (κ2) is 7.67. The number of nitrogens with one attached hydrogen (secondary N) is 1. The summed E-state index contributed by atoms with van der Waals surface area (Å²) in [6, 6.07) is 17.0. The molecule has 1 atom stereocenters. The molecule has 0 unspecified atom stereocenters. The van der Waals surface area contributed by atoms with Crippen LogP contribution >= 0.6 is 12.2 Å². The number of carbonyl (C=O) groups is 1. The molecule has 7 heteroatoms. The predicted molar refractivity (Wildman–Crippen MR) is 115 cm³/mol. The molecule has 148 valence electrons. The third-order valence-electron chi connectivity index (χ3n) is 5.16. The van der Waals surface area contributed by atoms with E-state index in [0.717, 1.165) is 34.0 Å². The highest BCUT2D eigenvalue weighted by Gasteiger charge is 2.39. The number of nitrogens with zero attached hydrogens (tertiary/aromatic N) is 3. The van der Waals surface area contributed by atoms with E-state index < -0.39 is 6.04 Å². The van der Waals surface area contributed by atoms with Crippen molar-refractivity contribution in [1.29, 1.82) is 0 Å². The number of thiocarbonyl (C=S) groups is 1. The molecule has 2 heterocycles. The maximum Gasteiger partial charge on any atom is 0.256 e. The molecule has 1 aliphatic heterocycles. The van der Waals surface area contributed by atoms with Gasteiger partial charge in [-0.1, -0.05) is 30.3 Å². The number of para-hydroxylation sites is 1. The smallest absolute Gasteiger partial charge is 0.256 e. The third-order valence-corrected chi connectivity index (χ3v) is 5.50. The molecule has 0 saturated carbocycles. The van der Waals surface area contributed by atoms with Gasteiger partial charge in [-0.15, -0.1) is 0 Å². The predicted octanol–water partition coefficient (Wildman–Crippen LogP) is 3.46. The zero-order valence-electron chi connectivity index (χ0n) is 16.5. The van der Waals surface area contributed by atoms with Crippen LogP contribution in [-0.2, 0) is 11.3 Å². The van der Waals surface area contributed by atoms with Crippen molar-refractivity contribution in [2.24, 2.45) is 0 Å². The standard InChI is InChI=1S/C22H22N4O2S/c1-14-19(15(2)26(24-14)17-7-5-4-6-8-17)20-21(27)25(22(29)23-20)13-16-9-11-18(28-3)12-10-16/h4-12,20H,13H2,1-3H3,(H,23,29)/t20-/m0/s1. The maximum absolute atomic E-state index is 13.2. The Morgan fingerprint density at radius 1 is 1.10 bits per heavy atom. The number of hydrogen-bond donors (Lipinski definition) is 1. The Labute approximate surface area is 175 Å². The second-order valence-corrected chi connectivity index (χ2v) is 7.37. The highest BCUT2D eigenvalue weighted by Crippen LogP contribution is 2.30. The lowest BCUT2D eigenvalue weighted by atomic mass is 10.0. The van der Waals surface area contributed by atoms with Gasteiger partial charge >= 0.3 is 0 Å². The van der Waals surface area contributed by atoms with Gasteiger partial charge in [0.2, 0.25) is 0 Å². The van der Waals surface area contributed by atoms with Gasteiger partial charge in [0.05, 0.1) is 25.0 Å². The average molecular weight is 407 g/mol. The first-order chi connectivity index (χ1) is 14.0. The lowest BCUT2D eigenvalue weighted by Gasteiger charge is -2.15. The first-order valence-corrected chi connectivity index (χ1v) is 9.76. The number of hydrogen-bond acceptors (Lipinski definition) is 4. The van der Waals surface area contributed by atoms with E-state index >= 15 is 0 Å². The summed E-state index contributed by atoms with van der Waals surface area (Å²) in [4.78, 5) is 14.8. The van der Waals surface area contributed by atoms with E-state index in [2.05, 4.69) is 10.4 Å². The number of amides is 1. The van der Waals surface area contributed by atoms with E-state index in [9.17, 15) is 4.79 Å². The summed E-state index contributed by atoms with van der Waals surface area (Å²) < 4.78 is 7.06. The molecule has 0 bridgehead atoms. The number of ether oxygens (including phenoxy) is 1. The van der Waals surface area contributed by atoms with Gasteiger partial charge in [0, 0.05) is 11.3 Å². The minimum Gasteiger partial charge on any atom is -0.497 e. The first-order valence-electron chi connectivity index (χ1n) is 9.36. The van der Waals surface area contributed by atoms with Gasteiger partial charge in [0.1, 0.15) is 11.8 Å².